The molecule has 0 aromatic heterocycles. The molecule has 0 saturated carbocycles. The maximum Gasteiger partial charge on any atom is 0.349 e. The van der Waals surface area contributed by atoms with E-state index in [1.165, 1.54) is 26.4 Å². The van der Waals surface area contributed by atoms with Gasteiger partial charge in [-0.25, -0.2) is 4.79 Å². The Labute approximate surface area is 192 Å². The van der Waals surface area contributed by atoms with Crippen LogP contribution < -0.4 is 24.3 Å². The summed E-state index contributed by atoms with van der Waals surface area (Å²) in [6, 6.07) is 13.4. The Hall–Kier alpha value is -4.03. The van der Waals surface area contributed by atoms with E-state index in [4.69, 9.17) is 23.7 Å². The van der Waals surface area contributed by atoms with Crippen molar-refractivity contribution < 1.29 is 33.3 Å². The lowest BCUT2D eigenvalue weighted by Crippen LogP contribution is -2.27. The molecule has 1 N–H and O–H groups in total. The summed E-state index contributed by atoms with van der Waals surface area (Å²) in [6.07, 6.45) is 1.41. The van der Waals surface area contributed by atoms with E-state index in [1.54, 1.807) is 36.4 Å². The van der Waals surface area contributed by atoms with Crippen molar-refractivity contribution in [2.24, 2.45) is 0 Å². The highest BCUT2D eigenvalue weighted by Crippen LogP contribution is 2.29. The third-order valence-corrected chi connectivity index (χ3v) is 4.17. The molecule has 0 radical (unpaired) electrons. The van der Waals surface area contributed by atoms with E-state index in [0.29, 0.717) is 30.3 Å². The van der Waals surface area contributed by atoms with Crippen LogP contribution in [-0.2, 0) is 14.3 Å². The first kappa shape index (κ1) is 25.2. The number of nitrogens with one attached hydrogen (secondary N) is 1. The van der Waals surface area contributed by atoms with Crippen LogP contribution in [0.15, 0.2) is 48.0 Å². The Morgan fingerprint density at radius 1 is 1.03 bits per heavy atom. The average molecular weight is 454 g/mol. The highest BCUT2D eigenvalue weighted by molar-refractivity contribution is 6.01. The van der Waals surface area contributed by atoms with Gasteiger partial charge in [0.05, 0.1) is 20.3 Å². The molecule has 0 atom stereocenters. The van der Waals surface area contributed by atoms with Crippen LogP contribution in [0, 0.1) is 11.3 Å². The van der Waals surface area contributed by atoms with E-state index >= 15 is 0 Å². The summed E-state index contributed by atoms with van der Waals surface area (Å²) in [6.45, 7) is 2.76. The van der Waals surface area contributed by atoms with Crippen LogP contribution >= 0.6 is 0 Å². The van der Waals surface area contributed by atoms with Crippen LogP contribution in [0.3, 0.4) is 0 Å². The maximum absolute atomic E-state index is 12.2. The first-order valence-corrected chi connectivity index (χ1v) is 10.1. The third-order valence-electron chi connectivity index (χ3n) is 4.17. The fraction of sp³-hybridized carbons (Fsp3) is 0.292. The minimum atomic E-state index is -0.624. The van der Waals surface area contributed by atoms with Gasteiger partial charge < -0.3 is 29.0 Å². The van der Waals surface area contributed by atoms with Crippen molar-refractivity contribution in [2.45, 2.75) is 6.92 Å². The lowest BCUT2D eigenvalue weighted by atomic mass is 10.1. The molecule has 0 aliphatic carbocycles. The average Bonchev–Trinajstić information content (AvgIpc) is 2.83. The van der Waals surface area contributed by atoms with Gasteiger partial charge in [-0.1, -0.05) is 6.07 Å². The van der Waals surface area contributed by atoms with Crippen molar-refractivity contribution >= 4 is 18.0 Å². The van der Waals surface area contributed by atoms with Gasteiger partial charge in [-0.3, -0.25) is 4.79 Å². The normalized spacial score (nSPS) is 10.7. The van der Waals surface area contributed by atoms with Gasteiger partial charge in [0.25, 0.3) is 5.91 Å². The predicted molar refractivity (Wildman–Crippen MR) is 120 cm³/mol. The number of nitrogens with zero attached hydrogens (tertiary/aromatic N) is 1. The van der Waals surface area contributed by atoms with Crippen molar-refractivity contribution in [2.75, 3.05) is 40.6 Å². The summed E-state index contributed by atoms with van der Waals surface area (Å²) in [4.78, 5) is 24.3. The second-order valence-electron chi connectivity index (χ2n) is 6.50. The molecule has 2 rings (SSSR count). The van der Waals surface area contributed by atoms with Gasteiger partial charge in [0.15, 0.2) is 18.1 Å². The molecule has 1 amide bonds. The fourth-order valence-corrected chi connectivity index (χ4v) is 2.63. The van der Waals surface area contributed by atoms with E-state index < -0.39 is 11.9 Å². The number of rotatable bonds is 12. The molecule has 0 heterocycles. The van der Waals surface area contributed by atoms with E-state index in [1.807, 2.05) is 13.0 Å². The summed E-state index contributed by atoms with van der Waals surface area (Å²) in [5.74, 6) is 0.499. The molecule has 2 aromatic carbocycles. The van der Waals surface area contributed by atoms with Gasteiger partial charge >= 0.3 is 5.97 Å². The van der Waals surface area contributed by atoms with Crippen molar-refractivity contribution in [3.63, 3.8) is 0 Å². The number of methoxy groups -OCH3 is 2. The summed E-state index contributed by atoms with van der Waals surface area (Å²) in [5.41, 5.74) is 0.442. The van der Waals surface area contributed by atoms with Gasteiger partial charge in [-0.15, -0.1) is 0 Å². The van der Waals surface area contributed by atoms with E-state index in [9.17, 15) is 14.9 Å². The molecule has 0 bridgehead atoms. The van der Waals surface area contributed by atoms with Crippen molar-refractivity contribution in [1.29, 1.82) is 5.26 Å². The molecular formula is C24H26N2O7. The zero-order valence-electron chi connectivity index (χ0n) is 18.8. The molecule has 9 nitrogen and oxygen atoms in total. The lowest BCUT2D eigenvalue weighted by Gasteiger charge is -2.11. The first-order valence-electron chi connectivity index (χ1n) is 10.1. The van der Waals surface area contributed by atoms with Gasteiger partial charge in [0.1, 0.15) is 23.1 Å². The highest BCUT2D eigenvalue weighted by Gasteiger charge is 2.13. The largest absolute Gasteiger partial charge is 0.494 e. The van der Waals surface area contributed by atoms with E-state index in [-0.39, 0.29) is 30.2 Å². The quantitative estimate of drug-likeness (QED) is 0.171. The number of ether oxygens (including phenoxy) is 5. The number of carbonyl (C=O) groups excluding carboxylic acids is 2. The van der Waals surface area contributed by atoms with Crippen LogP contribution in [-0.4, -0.2) is 52.5 Å². The van der Waals surface area contributed by atoms with E-state index in [2.05, 4.69) is 5.32 Å². The summed E-state index contributed by atoms with van der Waals surface area (Å²) in [7, 11) is 2.93. The molecule has 174 valence electrons. The zero-order valence-corrected chi connectivity index (χ0v) is 18.8. The molecular weight excluding hydrogens is 428 g/mol. The number of esters is 1. The lowest BCUT2D eigenvalue weighted by molar-refractivity contribution is -0.136. The number of carbonyl (C=O) groups is 2. The molecule has 0 unspecified atom stereocenters. The third kappa shape index (κ3) is 8.20. The van der Waals surface area contributed by atoms with Crippen LogP contribution in [0.25, 0.3) is 6.08 Å². The van der Waals surface area contributed by atoms with Gasteiger partial charge in [0.2, 0.25) is 0 Å². The van der Waals surface area contributed by atoms with Gasteiger partial charge in [-0.2, -0.15) is 5.26 Å². The van der Waals surface area contributed by atoms with Crippen molar-refractivity contribution in [1.82, 2.24) is 5.32 Å². The minimum absolute atomic E-state index is 0.0818. The molecule has 0 aliphatic heterocycles. The van der Waals surface area contributed by atoms with Gasteiger partial charge in [0, 0.05) is 13.7 Å². The summed E-state index contributed by atoms with van der Waals surface area (Å²) in [5, 5.41) is 11.9. The molecule has 2 aromatic rings. The fourth-order valence-electron chi connectivity index (χ4n) is 2.63. The number of amides is 1. The Morgan fingerprint density at radius 3 is 2.33 bits per heavy atom. The second kappa shape index (κ2) is 13.4. The number of nitriles is 1. The zero-order chi connectivity index (χ0) is 24.1. The Balaban J connectivity index is 2.01. The molecule has 9 heteroatoms. The SMILES string of the molecule is CCOc1ccc(OCC(=O)Oc2ccc(/C=C(\C#N)C(=O)NCCOC)cc2OC)cc1. The Kier molecular flexibility index (Phi) is 10.2. The topological polar surface area (TPSA) is 116 Å². The van der Waals surface area contributed by atoms with Gasteiger partial charge in [-0.05, 0) is 55.0 Å². The standard InChI is InChI=1S/C24H26N2O7/c1-4-31-19-6-8-20(9-7-19)32-16-23(27)33-21-10-5-17(14-22(21)30-3)13-18(15-25)24(28)26-11-12-29-2/h5-10,13-14H,4,11-12,16H2,1-3H3,(H,26,28)/b18-13+. The Bertz CT molecular complexity index is 1010. The molecule has 0 fully saturated rings. The molecule has 0 spiro atoms. The number of benzene rings is 2. The maximum atomic E-state index is 12.2. The second-order valence-corrected chi connectivity index (χ2v) is 6.50. The minimum Gasteiger partial charge on any atom is -0.494 e. The molecule has 33 heavy (non-hydrogen) atoms. The number of hydrogen-bond donors (Lipinski definition) is 1. The van der Waals surface area contributed by atoms with Crippen molar-refractivity contribution in [3.8, 4) is 29.1 Å². The molecule has 0 saturated heterocycles. The monoisotopic (exact) mass is 454 g/mol. The Morgan fingerprint density at radius 2 is 1.73 bits per heavy atom. The number of hydrogen-bond acceptors (Lipinski definition) is 8. The first-order chi connectivity index (χ1) is 16.0. The smallest absolute Gasteiger partial charge is 0.349 e. The summed E-state index contributed by atoms with van der Waals surface area (Å²) < 4.78 is 26.3. The predicted octanol–water partition coefficient (Wildman–Crippen LogP) is 2.75. The highest BCUT2D eigenvalue weighted by atomic mass is 16.6. The molecule has 0 aliphatic rings. The van der Waals surface area contributed by atoms with Crippen molar-refractivity contribution in [3.05, 3.63) is 53.6 Å². The van der Waals surface area contributed by atoms with Crippen LogP contribution in [0.4, 0.5) is 0 Å². The van der Waals surface area contributed by atoms with E-state index in [0.717, 1.165) is 0 Å². The van der Waals surface area contributed by atoms with Crippen LogP contribution in [0.2, 0.25) is 0 Å². The van der Waals surface area contributed by atoms with Crippen LogP contribution in [0.5, 0.6) is 23.0 Å². The van der Waals surface area contributed by atoms with Crippen LogP contribution in [0.1, 0.15) is 12.5 Å². The summed E-state index contributed by atoms with van der Waals surface area (Å²) >= 11 is 0.